The number of nitrogens with zero attached hydrogens (tertiary/aromatic N) is 1. The molecule has 2 amide bonds. The molecule has 1 N–H and O–H groups in total. The van der Waals surface area contributed by atoms with Crippen molar-refractivity contribution in [3.8, 4) is 0 Å². The van der Waals surface area contributed by atoms with Gasteiger partial charge in [0.25, 0.3) is 0 Å². The summed E-state index contributed by atoms with van der Waals surface area (Å²) in [6, 6.07) is 0.0888. The zero-order valence-electron chi connectivity index (χ0n) is 10.2. The quantitative estimate of drug-likeness (QED) is 0.727. The molecule has 2 fully saturated rings. The van der Waals surface area contributed by atoms with Crippen LogP contribution in [0, 0.1) is 5.92 Å². The highest BCUT2D eigenvalue weighted by atomic mass is 16.2. The summed E-state index contributed by atoms with van der Waals surface area (Å²) in [6.07, 6.45) is 9.23. The third-order valence-electron chi connectivity index (χ3n) is 3.59. The summed E-state index contributed by atoms with van der Waals surface area (Å²) in [5.41, 5.74) is 1.40. The minimum atomic E-state index is 0.0888. The van der Waals surface area contributed by atoms with Crippen molar-refractivity contribution in [3.05, 3.63) is 11.8 Å². The minimum Gasteiger partial charge on any atom is -0.324 e. The van der Waals surface area contributed by atoms with Crippen LogP contribution in [0.15, 0.2) is 11.8 Å². The van der Waals surface area contributed by atoms with Crippen LogP contribution in [0.3, 0.4) is 0 Å². The van der Waals surface area contributed by atoms with Gasteiger partial charge in [-0.1, -0.05) is 12.5 Å². The molecule has 0 spiro atoms. The van der Waals surface area contributed by atoms with Gasteiger partial charge in [0.1, 0.15) is 0 Å². The molecule has 1 aliphatic carbocycles. The Morgan fingerprint density at radius 2 is 2.12 bits per heavy atom. The normalized spacial score (nSPS) is 25.7. The van der Waals surface area contributed by atoms with Gasteiger partial charge in [-0.3, -0.25) is 0 Å². The lowest BCUT2D eigenvalue weighted by Gasteiger charge is -2.30. The Morgan fingerprint density at radius 1 is 1.38 bits per heavy atom. The fourth-order valence-electron chi connectivity index (χ4n) is 2.60. The molecule has 0 aromatic carbocycles. The van der Waals surface area contributed by atoms with Gasteiger partial charge < -0.3 is 10.2 Å². The molecule has 1 heterocycles. The first kappa shape index (κ1) is 11.5. The van der Waals surface area contributed by atoms with E-state index >= 15 is 0 Å². The van der Waals surface area contributed by atoms with Crippen molar-refractivity contribution in [2.75, 3.05) is 13.1 Å². The van der Waals surface area contributed by atoms with Crippen LogP contribution in [-0.2, 0) is 0 Å². The summed E-state index contributed by atoms with van der Waals surface area (Å²) in [7, 11) is 0. The van der Waals surface area contributed by atoms with E-state index in [1.165, 1.54) is 24.8 Å². The SMILES string of the molecule is CC1CCCN(C(=O)NC=C2CCCC2)C1. The number of nitrogens with one attached hydrogen (secondary N) is 1. The van der Waals surface area contributed by atoms with Gasteiger partial charge in [0.05, 0.1) is 0 Å². The molecule has 90 valence electrons. The molecule has 2 rings (SSSR count). The fourth-order valence-corrected chi connectivity index (χ4v) is 2.60. The maximum absolute atomic E-state index is 11.9. The van der Waals surface area contributed by atoms with E-state index in [0.29, 0.717) is 5.92 Å². The molecule has 1 aliphatic heterocycles. The van der Waals surface area contributed by atoms with E-state index in [1.54, 1.807) is 0 Å². The molecule has 0 aromatic rings. The van der Waals surface area contributed by atoms with Gasteiger partial charge in [-0.05, 0) is 44.4 Å². The molecule has 1 saturated carbocycles. The molecule has 0 aromatic heterocycles. The van der Waals surface area contributed by atoms with Gasteiger partial charge in [0.15, 0.2) is 0 Å². The van der Waals surface area contributed by atoms with Crippen LogP contribution in [0.5, 0.6) is 0 Å². The monoisotopic (exact) mass is 222 g/mol. The van der Waals surface area contributed by atoms with E-state index in [9.17, 15) is 4.79 Å². The zero-order valence-corrected chi connectivity index (χ0v) is 10.2. The van der Waals surface area contributed by atoms with Crippen LogP contribution in [0.25, 0.3) is 0 Å². The van der Waals surface area contributed by atoms with E-state index < -0.39 is 0 Å². The molecule has 2 aliphatic rings. The summed E-state index contributed by atoms with van der Waals surface area (Å²) in [6.45, 7) is 4.04. The third kappa shape index (κ3) is 3.00. The van der Waals surface area contributed by atoms with Crippen LogP contribution in [0.1, 0.15) is 45.4 Å². The average Bonchev–Trinajstić information content (AvgIpc) is 2.78. The highest BCUT2D eigenvalue weighted by Gasteiger charge is 2.20. The number of allylic oxidation sites excluding steroid dienone is 1. The lowest BCUT2D eigenvalue weighted by atomic mass is 10.0. The number of likely N-dealkylation sites (tertiary alicyclic amines) is 1. The van der Waals surface area contributed by atoms with Crippen LogP contribution >= 0.6 is 0 Å². The smallest absolute Gasteiger partial charge is 0.321 e. The Kier molecular flexibility index (Phi) is 3.86. The van der Waals surface area contributed by atoms with Crippen LogP contribution in [-0.4, -0.2) is 24.0 Å². The molecule has 0 radical (unpaired) electrons. The molecule has 1 atom stereocenters. The number of hydrogen-bond acceptors (Lipinski definition) is 1. The van der Waals surface area contributed by atoms with Crippen LogP contribution in [0.2, 0.25) is 0 Å². The molecule has 1 unspecified atom stereocenters. The molecule has 1 saturated heterocycles. The van der Waals surface area contributed by atoms with Crippen molar-refractivity contribution in [2.24, 2.45) is 5.92 Å². The first-order valence-corrected chi connectivity index (χ1v) is 6.49. The first-order valence-electron chi connectivity index (χ1n) is 6.49. The second-order valence-electron chi connectivity index (χ2n) is 5.15. The van der Waals surface area contributed by atoms with Gasteiger partial charge in [-0.25, -0.2) is 4.79 Å². The summed E-state index contributed by atoms with van der Waals surface area (Å²) in [5.74, 6) is 0.652. The number of rotatable bonds is 1. The van der Waals surface area contributed by atoms with Crippen molar-refractivity contribution >= 4 is 6.03 Å². The molecular formula is C13H22N2O. The second kappa shape index (κ2) is 5.37. The van der Waals surface area contributed by atoms with Crippen molar-refractivity contribution in [2.45, 2.75) is 45.4 Å². The van der Waals surface area contributed by atoms with E-state index in [0.717, 1.165) is 32.4 Å². The maximum Gasteiger partial charge on any atom is 0.321 e. The van der Waals surface area contributed by atoms with E-state index in [4.69, 9.17) is 0 Å². The van der Waals surface area contributed by atoms with E-state index in [-0.39, 0.29) is 6.03 Å². The van der Waals surface area contributed by atoms with Crippen molar-refractivity contribution < 1.29 is 4.79 Å². The van der Waals surface area contributed by atoms with Gasteiger partial charge >= 0.3 is 6.03 Å². The Hall–Kier alpha value is -0.990. The predicted octanol–water partition coefficient (Wildman–Crippen LogP) is 2.89. The topological polar surface area (TPSA) is 32.3 Å². The summed E-state index contributed by atoms with van der Waals surface area (Å²) in [4.78, 5) is 13.8. The maximum atomic E-state index is 11.9. The van der Waals surface area contributed by atoms with Crippen LogP contribution in [0.4, 0.5) is 4.79 Å². The Morgan fingerprint density at radius 3 is 2.81 bits per heavy atom. The molecular weight excluding hydrogens is 200 g/mol. The van der Waals surface area contributed by atoms with E-state index in [1.807, 2.05) is 11.1 Å². The van der Waals surface area contributed by atoms with Gasteiger partial charge in [0, 0.05) is 19.3 Å². The number of carbonyl (C=O) groups excluding carboxylic acids is 1. The molecule has 0 bridgehead atoms. The number of carbonyl (C=O) groups is 1. The summed E-state index contributed by atoms with van der Waals surface area (Å²) in [5, 5.41) is 2.94. The number of hydrogen-bond donors (Lipinski definition) is 1. The molecule has 3 nitrogen and oxygen atoms in total. The fraction of sp³-hybridized carbons (Fsp3) is 0.769. The standard InChI is InChI=1S/C13H22N2O/c1-11-5-4-8-15(10-11)13(16)14-9-12-6-2-3-7-12/h9,11H,2-8,10H2,1H3,(H,14,16). The second-order valence-corrected chi connectivity index (χ2v) is 5.15. The minimum absolute atomic E-state index is 0.0888. The Bertz CT molecular complexity index is 278. The number of piperidine rings is 1. The van der Waals surface area contributed by atoms with Gasteiger partial charge in [0.2, 0.25) is 0 Å². The lowest BCUT2D eigenvalue weighted by Crippen LogP contribution is -2.43. The third-order valence-corrected chi connectivity index (χ3v) is 3.59. The highest BCUT2D eigenvalue weighted by molar-refractivity contribution is 5.75. The average molecular weight is 222 g/mol. The highest BCUT2D eigenvalue weighted by Crippen LogP contribution is 2.22. The Balaban J connectivity index is 1.80. The lowest BCUT2D eigenvalue weighted by molar-refractivity contribution is 0.173. The molecule has 3 heteroatoms. The first-order chi connectivity index (χ1) is 7.75. The van der Waals surface area contributed by atoms with Gasteiger partial charge in [-0.15, -0.1) is 0 Å². The predicted molar refractivity (Wildman–Crippen MR) is 65.1 cm³/mol. The zero-order chi connectivity index (χ0) is 11.4. The van der Waals surface area contributed by atoms with Crippen LogP contribution < -0.4 is 5.32 Å². The van der Waals surface area contributed by atoms with Crippen molar-refractivity contribution in [1.82, 2.24) is 10.2 Å². The number of amides is 2. The van der Waals surface area contributed by atoms with Crippen molar-refractivity contribution in [1.29, 1.82) is 0 Å². The summed E-state index contributed by atoms with van der Waals surface area (Å²) >= 11 is 0. The van der Waals surface area contributed by atoms with Gasteiger partial charge in [-0.2, -0.15) is 0 Å². The largest absolute Gasteiger partial charge is 0.324 e. The Labute approximate surface area is 97.9 Å². The molecule has 16 heavy (non-hydrogen) atoms. The number of urea groups is 1. The van der Waals surface area contributed by atoms with E-state index in [2.05, 4.69) is 12.2 Å². The summed E-state index contributed by atoms with van der Waals surface area (Å²) < 4.78 is 0. The van der Waals surface area contributed by atoms with Crippen molar-refractivity contribution in [3.63, 3.8) is 0 Å².